The molecule has 5 nitrogen and oxygen atoms in total. The quantitative estimate of drug-likeness (QED) is 0.879. The predicted octanol–water partition coefficient (Wildman–Crippen LogP) is 1.93. The van der Waals surface area contributed by atoms with Gasteiger partial charge in [0.25, 0.3) is 0 Å². The molecule has 0 saturated carbocycles. The van der Waals surface area contributed by atoms with Gasteiger partial charge in [-0.15, -0.1) is 13.2 Å². The fourth-order valence-electron chi connectivity index (χ4n) is 1.33. The van der Waals surface area contributed by atoms with E-state index in [-0.39, 0.29) is 11.2 Å². The van der Waals surface area contributed by atoms with Gasteiger partial charge >= 0.3 is 12.3 Å². The highest BCUT2D eigenvalue weighted by atomic mass is 19.4. The van der Waals surface area contributed by atoms with E-state index in [1.54, 1.807) is 0 Å². The van der Waals surface area contributed by atoms with Crippen molar-refractivity contribution in [1.29, 1.82) is 0 Å². The molecular formula is C9H5F3N2O3. The summed E-state index contributed by atoms with van der Waals surface area (Å²) in [6.07, 6.45) is -2.40. The Balaban J connectivity index is 2.48. The first-order chi connectivity index (χ1) is 7.87. The molecule has 0 aliphatic rings. The van der Waals surface area contributed by atoms with Crippen LogP contribution in [0.1, 0.15) is 10.5 Å². The van der Waals surface area contributed by atoms with Crippen LogP contribution in [0.2, 0.25) is 0 Å². The number of imidazole rings is 1. The van der Waals surface area contributed by atoms with E-state index in [0.717, 1.165) is 12.1 Å². The molecule has 2 heterocycles. The number of hydrogen-bond acceptors (Lipinski definition) is 3. The number of aromatic nitrogens is 2. The Morgan fingerprint density at radius 1 is 1.47 bits per heavy atom. The molecule has 0 amide bonds. The first kappa shape index (κ1) is 11.2. The molecule has 2 aromatic heterocycles. The Kier molecular flexibility index (Phi) is 2.41. The molecule has 0 spiro atoms. The number of ether oxygens (including phenoxy) is 1. The van der Waals surface area contributed by atoms with Gasteiger partial charge in [0.1, 0.15) is 12.1 Å². The summed E-state index contributed by atoms with van der Waals surface area (Å²) in [5.41, 5.74) is -0.308. The minimum atomic E-state index is -4.82. The zero-order valence-electron chi connectivity index (χ0n) is 8.10. The maximum absolute atomic E-state index is 12.0. The van der Waals surface area contributed by atoms with Crippen LogP contribution in [0.4, 0.5) is 13.2 Å². The first-order valence-corrected chi connectivity index (χ1v) is 4.32. The molecule has 2 aromatic rings. The topological polar surface area (TPSA) is 63.8 Å². The number of alkyl halides is 3. The molecule has 0 aliphatic carbocycles. The van der Waals surface area contributed by atoms with E-state index in [0.29, 0.717) is 0 Å². The maximum Gasteiger partial charge on any atom is 0.573 e. The molecule has 0 radical (unpaired) electrons. The van der Waals surface area contributed by atoms with Gasteiger partial charge in [0.15, 0.2) is 5.69 Å². The SMILES string of the molecule is O=C(O)c1ncn2ccc(OC(F)(F)F)cc12. The van der Waals surface area contributed by atoms with Gasteiger partial charge in [0.05, 0.1) is 5.52 Å². The van der Waals surface area contributed by atoms with Crippen molar-refractivity contribution in [2.45, 2.75) is 6.36 Å². The second-order valence-electron chi connectivity index (χ2n) is 3.10. The summed E-state index contributed by atoms with van der Waals surface area (Å²) in [6.45, 7) is 0. The first-order valence-electron chi connectivity index (χ1n) is 4.32. The van der Waals surface area contributed by atoms with Crippen LogP contribution in [0.15, 0.2) is 24.7 Å². The zero-order chi connectivity index (χ0) is 12.6. The number of nitrogens with zero attached hydrogens (tertiary/aromatic N) is 2. The van der Waals surface area contributed by atoms with Crippen LogP contribution >= 0.6 is 0 Å². The molecule has 0 saturated heterocycles. The summed E-state index contributed by atoms with van der Waals surface area (Å²) in [4.78, 5) is 14.3. The highest BCUT2D eigenvalue weighted by Gasteiger charge is 2.31. The van der Waals surface area contributed by atoms with Gasteiger partial charge in [-0.05, 0) is 6.07 Å². The fourth-order valence-corrected chi connectivity index (χ4v) is 1.33. The Labute approximate surface area is 92.1 Å². The van der Waals surface area contributed by atoms with E-state index >= 15 is 0 Å². The van der Waals surface area contributed by atoms with Crippen LogP contribution in [0, 0.1) is 0 Å². The van der Waals surface area contributed by atoms with Gasteiger partial charge in [-0.2, -0.15) is 0 Å². The summed E-state index contributed by atoms with van der Waals surface area (Å²) in [5.74, 6) is -1.82. The van der Waals surface area contributed by atoms with Crippen molar-refractivity contribution >= 4 is 11.5 Å². The molecule has 90 valence electrons. The second-order valence-corrected chi connectivity index (χ2v) is 3.10. The Hall–Kier alpha value is -2.25. The number of hydrogen-bond donors (Lipinski definition) is 1. The van der Waals surface area contributed by atoms with Crippen LogP contribution in [0.3, 0.4) is 0 Å². The van der Waals surface area contributed by atoms with Crippen molar-refractivity contribution in [2.75, 3.05) is 0 Å². The summed E-state index contributed by atoms with van der Waals surface area (Å²) in [7, 11) is 0. The summed E-state index contributed by atoms with van der Waals surface area (Å²) in [5, 5.41) is 8.76. The number of carboxylic acids is 1. The van der Waals surface area contributed by atoms with E-state index in [9.17, 15) is 18.0 Å². The molecule has 0 atom stereocenters. The van der Waals surface area contributed by atoms with Gasteiger partial charge in [0.2, 0.25) is 0 Å². The average molecular weight is 246 g/mol. The van der Waals surface area contributed by atoms with Crippen molar-refractivity contribution in [3.05, 3.63) is 30.4 Å². The zero-order valence-corrected chi connectivity index (χ0v) is 8.10. The van der Waals surface area contributed by atoms with Crippen LogP contribution in [-0.2, 0) is 0 Å². The van der Waals surface area contributed by atoms with Gasteiger partial charge in [-0.1, -0.05) is 0 Å². The number of pyridine rings is 1. The third kappa shape index (κ3) is 2.30. The molecular weight excluding hydrogens is 241 g/mol. The second kappa shape index (κ2) is 3.65. The molecule has 0 bridgehead atoms. The largest absolute Gasteiger partial charge is 0.573 e. The number of aromatic carboxylic acids is 1. The number of fused-ring (bicyclic) bond motifs is 1. The Morgan fingerprint density at radius 2 is 2.18 bits per heavy atom. The van der Waals surface area contributed by atoms with E-state index in [2.05, 4.69) is 9.72 Å². The number of rotatable bonds is 2. The number of halogens is 3. The van der Waals surface area contributed by atoms with E-state index < -0.39 is 18.1 Å². The molecule has 8 heteroatoms. The highest BCUT2D eigenvalue weighted by molar-refractivity contribution is 5.93. The van der Waals surface area contributed by atoms with Gasteiger partial charge in [-0.25, -0.2) is 9.78 Å². The van der Waals surface area contributed by atoms with Crippen molar-refractivity contribution in [3.8, 4) is 5.75 Å². The minimum Gasteiger partial charge on any atom is -0.476 e. The van der Waals surface area contributed by atoms with E-state index in [1.807, 2.05) is 0 Å². The van der Waals surface area contributed by atoms with Crippen LogP contribution in [-0.4, -0.2) is 26.8 Å². The molecule has 0 aliphatic heterocycles. The molecule has 0 unspecified atom stereocenters. The number of carbonyl (C=O) groups is 1. The lowest BCUT2D eigenvalue weighted by molar-refractivity contribution is -0.274. The molecule has 0 fully saturated rings. The van der Waals surface area contributed by atoms with Gasteiger partial charge in [0, 0.05) is 12.3 Å². The van der Waals surface area contributed by atoms with Crippen molar-refractivity contribution < 1.29 is 27.8 Å². The van der Waals surface area contributed by atoms with E-state index in [1.165, 1.54) is 16.9 Å². The van der Waals surface area contributed by atoms with Crippen LogP contribution in [0.5, 0.6) is 5.75 Å². The molecule has 1 N–H and O–H groups in total. The van der Waals surface area contributed by atoms with Crippen molar-refractivity contribution in [3.63, 3.8) is 0 Å². The van der Waals surface area contributed by atoms with Crippen LogP contribution < -0.4 is 4.74 Å². The lowest BCUT2D eigenvalue weighted by atomic mass is 10.3. The molecule has 0 aromatic carbocycles. The summed E-state index contributed by atoms with van der Waals surface area (Å²) < 4.78 is 40.9. The molecule has 17 heavy (non-hydrogen) atoms. The highest BCUT2D eigenvalue weighted by Crippen LogP contribution is 2.24. The Bertz CT molecular complexity index is 576. The lowest BCUT2D eigenvalue weighted by Gasteiger charge is -2.08. The third-order valence-corrected chi connectivity index (χ3v) is 1.95. The van der Waals surface area contributed by atoms with Crippen LogP contribution in [0.25, 0.3) is 5.52 Å². The number of carboxylic acid groups (broad SMARTS) is 1. The predicted molar refractivity (Wildman–Crippen MR) is 48.8 cm³/mol. The average Bonchev–Trinajstić information content (AvgIpc) is 2.57. The monoisotopic (exact) mass is 246 g/mol. The standard InChI is InChI=1S/C9H5F3N2O3/c10-9(11,12)17-5-1-2-14-4-13-7(8(15)16)6(14)3-5/h1-4H,(H,15,16). The van der Waals surface area contributed by atoms with Crippen molar-refractivity contribution in [2.24, 2.45) is 0 Å². The van der Waals surface area contributed by atoms with E-state index in [4.69, 9.17) is 5.11 Å². The minimum absolute atomic E-state index is 0.0271. The third-order valence-electron chi connectivity index (χ3n) is 1.95. The smallest absolute Gasteiger partial charge is 0.476 e. The normalized spacial score (nSPS) is 11.7. The summed E-state index contributed by atoms with van der Waals surface area (Å²) in [6, 6.07) is 2.03. The van der Waals surface area contributed by atoms with Gasteiger partial charge < -0.3 is 14.2 Å². The van der Waals surface area contributed by atoms with Gasteiger partial charge in [-0.3, -0.25) is 0 Å². The Morgan fingerprint density at radius 3 is 2.76 bits per heavy atom. The lowest BCUT2D eigenvalue weighted by Crippen LogP contribution is -2.17. The summed E-state index contributed by atoms with van der Waals surface area (Å²) >= 11 is 0. The van der Waals surface area contributed by atoms with Crippen molar-refractivity contribution in [1.82, 2.24) is 9.38 Å². The fraction of sp³-hybridized carbons (Fsp3) is 0.111. The maximum atomic E-state index is 12.0. The molecule has 2 rings (SSSR count).